The average molecular weight is 321 g/mol. The Morgan fingerprint density at radius 1 is 1.33 bits per heavy atom. The molecule has 1 aromatic rings. The lowest BCUT2D eigenvalue weighted by Crippen LogP contribution is -2.51. The number of hydrogen-bond donors (Lipinski definition) is 3. The van der Waals surface area contributed by atoms with Crippen molar-refractivity contribution in [2.45, 2.75) is 19.4 Å². The van der Waals surface area contributed by atoms with E-state index in [1.165, 1.54) is 13.8 Å². The summed E-state index contributed by atoms with van der Waals surface area (Å²) in [5.74, 6) is -2.75. The third kappa shape index (κ3) is 5.27. The summed E-state index contributed by atoms with van der Waals surface area (Å²) in [5, 5.41) is 2.33. The van der Waals surface area contributed by atoms with Gasteiger partial charge in [0.05, 0.1) is 17.5 Å². The fraction of sp³-hybridized carbons (Fsp3) is 0.417. The van der Waals surface area contributed by atoms with Gasteiger partial charge in [0.25, 0.3) is 5.91 Å². The maximum absolute atomic E-state index is 13.7. The van der Waals surface area contributed by atoms with Gasteiger partial charge in [-0.1, -0.05) is 0 Å². The van der Waals surface area contributed by atoms with Crippen LogP contribution in [-0.2, 0) is 10.0 Å². The monoisotopic (exact) mass is 321 g/mol. The van der Waals surface area contributed by atoms with Crippen LogP contribution in [0.5, 0.6) is 0 Å². The molecule has 0 spiro atoms. The second-order valence-corrected chi connectivity index (χ2v) is 7.05. The van der Waals surface area contributed by atoms with Gasteiger partial charge in [-0.05, 0) is 26.0 Å². The number of nitrogen functional groups attached to an aromatic ring is 1. The van der Waals surface area contributed by atoms with Gasteiger partial charge in [-0.25, -0.2) is 21.9 Å². The van der Waals surface area contributed by atoms with Crippen molar-refractivity contribution in [1.29, 1.82) is 0 Å². The van der Waals surface area contributed by atoms with Gasteiger partial charge in [0.2, 0.25) is 10.0 Å². The van der Waals surface area contributed by atoms with Crippen molar-refractivity contribution in [3.8, 4) is 0 Å². The summed E-state index contributed by atoms with van der Waals surface area (Å²) >= 11 is 0. The van der Waals surface area contributed by atoms with Crippen LogP contribution in [0.15, 0.2) is 12.1 Å². The van der Waals surface area contributed by atoms with E-state index in [9.17, 15) is 22.0 Å². The van der Waals surface area contributed by atoms with Gasteiger partial charge >= 0.3 is 0 Å². The lowest BCUT2D eigenvalue weighted by atomic mass is 10.1. The van der Waals surface area contributed by atoms with Crippen molar-refractivity contribution in [1.82, 2.24) is 10.0 Å². The highest BCUT2D eigenvalue weighted by molar-refractivity contribution is 7.88. The molecular formula is C12H17F2N3O3S. The predicted molar refractivity (Wildman–Crippen MR) is 75.2 cm³/mol. The molecule has 0 heterocycles. The average Bonchev–Trinajstić information content (AvgIpc) is 2.27. The number of nitrogens with two attached hydrogens (primary N) is 1. The van der Waals surface area contributed by atoms with Crippen LogP contribution in [0.1, 0.15) is 24.2 Å². The summed E-state index contributed by atoms with van der Waals surface area (Å²) in [6, 6.07) is 1.49. The van der Waals surface area contributed by atoms with Crippen LogP contribution in [0.2, 0.25) is 0 Å². The van der Waals surface area contributed by atoms with Crippen LogP contribution >= 0.6 is 0 Å². The van der Waals surface area contributed by atoms with Crippen LogP contribution < -0.4 is 15.8 Å². The molecule has 0 aliphatic heterocycles. The number of rotatable bonds is 5. The van der Waals surface area contributed by atoms with E-state index in [1.54, 1.807) is 0 Å². The highest BCUT2D eigenvalue weighted by atomic mass is 32.2. The fourth-order valence-electron chi connectivity index (χ4n) is 1.71. The fourth-order valence-corrected chi connectivity index (χ4v) is 2.79. The molecular weight excluding hydrogens is 304 g/mol. The Morgan fingerprint density at radius 3 is 2.43 bits per heavy atom. The lowest BCUT2D eigenvalue weighted by Gasteiger charge is -2.25. The summed E-state index contributed by atoms with van der Waals surface area (Å²) in [4.78, 5) is 11.8. The summed E-state index contributed by atoms with van der Waals surface area (Å²) in [6.07, 6.45) is 0.976. The summed E-state index contributed by atoms with van der Waals surface area (Å²) in [7, 11) is -3.47. The summed E-state index contributed by atoms with van der Waals surface area (Å²) < 4.78 is 51.4. The van der Waals surface area contributed by atoms with Gasteiger partial charge in [0.1, 0.15) is 5.82 Å². The first-order valence-corrected chi connectivity index (χ1v) is 7.82. The number of benzene rings is 1. The Kier molecular flexibility index (Phi) is 4.90. The molecule has 0 aromatic heterocycles. The van der Waals surface area contributed by atoms with Crippen LogP contribution in [-0.4, -0.2) is 32.7 Å². The van der Waals surface area contributed by atoms with Crippen molar-refractivity contribution < 1.29 is 22.0 Å². The first-order chi connectivity index (χ1) is 9.41. The molecule has 0 fully saturated rings. The topological polar surface area (TPSA) is 101 Å². The van der Waals surface area contributed by atoms with Crippen molar-refractivity contribution in [2.75, 3.05) is 18.5 Å². The Balaban J connectivity index is 2.84. The van der Waals surface area contributed by atoms with E-state index >= 15 is 0 Å². The smallest absolute Gasteiger partial charge is 0.254 e. The van der Waals surface area contributed by atoms with E-state index in [1.807, 2.05) is 0 Å². The van der Waals surface area contributed by atoms with Gasteiger partial charge in [0, 0.05) is 12.1 Å². The standard InChI is InChI=1S/C12H17F2N3O3S/c1-12(2,17-21(3,19)20)6-16-11(18)8-4-7(13)5-9(15)10(8)14/h4-5,17H,6,15H2,1-3H3,(H,16,18). The molecule has 1 aromatic carbocycles. The van der Waals surface area contributed by atoms with Gasteiger partial charge in [0.15, 0.2) is 5.82 Å². The lowest BCUT2D eigenvalue weighted by molar-refractivity contribution is 0.0940. The molecule has 0 radical (unpaired) electrons. The van der Waals surface area contributed by atoms with Crippen LogP contribution in [0.4, 0.5) is 14.5 Å². The maximum atomic E-state index is 13.7. The molecule has 0 bridgehead atoms. The van der Waals surface area contributed by atoms with E-state index in [4.69, 9.17) is 5.73 Å². The number of anilines is 1. The SMILES string of the molecule is CC(C)(CNC(=O)c1cc(F)cc(N)c1F)NS(C)(=O)=O. The third-order valence-electron chi connectivity index (χ3n) is 2.46. The minimum atomic E-state index is -3.47. The van der Waals surface area contributed by atoms with Crippen molar-refractivity contribution >= 4 is 21.6 Å². The zero-order valence-electron chi connectivity index (χ0n) is 11.8. The molecule has 118 valence electrons. The largest absolute Gasteiger partial charge is 0.396 e. The quantitative estimate of drug-likeness (QED) is 0.691. The van der Waals surface area contributed by atoms with Crippen molar-refractivity contribution in [3.05, 3.63) is 29.3 Å². The zero-order valence-corrected chi connectivity index (χ0v) is 12.6. The molecule has 1 rings (SSSR count). The van der Waals surface area contributed by atoms with Gasteiger partial charge in [-0.2, -0.15) is 0 Å². The maximum Gasteiger partial charge on any atom is 0.254 e. The Bertz CT molecular complexity index is 660. The molecule has 21 heavy (non-hydrogen) atoms. The second kappa shape index (κ2) is 5.94. The van der Waals surface area contributed by atoms with E-state index in [0.717, 1.165) is 18.4 Å². The molecule has 4 N–H and O–H groups in total. The number of carbonyl (C=O) groups excluding carboxylic acids is 1. The molecule has 0 saturated heterocycles. The Labute approximate surface area is 121 Å². The Morgan fingerprint density at radius 2 is 1.90 bits per heavy atom. The second-order valence-electron chi connectivity index (χ2n) is 5.30. The minimum absolute atomic E-state index is 0.116. The highest BCUT2D eigenvalue weighted by Crippen LogP contribution is 2.17. The molecule has 9 heteroatoms. The predicted octanol–water partition coefficient (Wildman–Crippen LogP) is 0.605. The third-order valence-corrected chi connectivity index (χ3v) is 3.39. The number of hydrogen-bond acceptors (Lipinski definition) is 4. The van der Waals surface area contributed by atoms with E-state index < -0.39 is 44.4 Å². The number of nitrogens with one attached hydrogen (secondary N) is 2. The number of carbonyl (C=O) groups is 1. The number of sulfonamides is 1. The number of amides is 1. The van der Waals surface area contributed by atoms with Crippen molar-refractivity contribution in [2.24, 2.45) is 0 Å². The molecule has 0 atom stereocenters. The van der Waals surface area contributed by atoms with Gasteiger partial charge < -0.3 is 11.1 Å². The summed E-state index contributed by atoms with van der Waals surface area (Å²) in [5.41, 5.74) is 3.23. The molecule has 0 aliphatic rings. The normalized spacial score (nSPS) is 12.2. The highest BCUT2D eigenvalue weighted by Gasteiger charge is 2.24. The van der Waals surface area contributed by atoms with Crippen LogP contribution in [0.3, 0.4) is 0 Å². The van der Waals surface area contributed by atoms with Gasteiger partial charge in [-0.15, -0.1) is 0 Å². The summed E-state index contributed by atoms with van der Waals surface area (Å²) in [6.45, 7) is 2.95. The number of halogens is 2. The van der Waals surface area contributed by atoms with E-state index in [0.29, 0.717) is 0 Å². The van der Waals surface area contributed by atoms with Crippen LogP contribution in [0.25, 0.3) is 0 Å². The van der Waals surface area contributed by atoms with E-state index in [-0.39, 0.29) is 6.54 Å². The Hall–Kier alpha value is -1.74. The molecule has 6 nitrogen and oxygen atoms in total. The first-order valence-electron chi connectivity index (χ1n) is 5.93. The van der Waals surface area contributed by atoms with Crippen molar-refractivity contribution in [3.63, 3.8) is 0 Å². The zero-order chi connectivity index (χ0) is 16.4. The molecule has 0 aliphatic carbocycles. The van der Waals surface area contributed by atoms with Gasteiger partial charge in [-0.3, -0.25) is 4.79 Å². The molecule has 1 amide bonds. The minimum Gasteiger partial charge on any atom is -0.396 e. The molecule has 0 saturated carbocycles. The van der Waals surface area contributed by atoms with Crippen LogP contribution in [0, 0.1) is 11.6 Å². The van der Waals surface area contributed by atoms with E-state index in [2.05, 4.69) is 10.0 Å². The first kappa shape index (κ1) is 17.3. The molecule has 0 unspecified atom stereocenters.